The Morgan fingerprint density at radius 2 is 1.47 bits per heavy atom. The minimum absolute atomic E-state index is 0.0461. The number of ketones is 1. The normalized spacial score (nSPS) is 12.6. The smallest absolute Gasteiger partial charge is 0.305 e. The quantitative estimate of drug-likeness (QED) is 0.125. The van der Waals surface area contributed by atoms with Crippen LogP contribution in [0, 0.1) is 5.82 Å². The number of aliphatic hydroxyl groups is 2. The average molecular weight is 615 g/mol. The third-order valence-corrected chi connectivity index (χ3v) is 7.72. The van der Waals surface area contributed by atoms with Crippen LogP contribution in [0.2, 0.25) is 0 Å². The van der Waals surface area contributed by atoms with Gasteiger partial charge in [0.2, 0.25) is 0 Å². The Labute approximate surface area is 262 Å². The fraction of sp³-hybridized carbons (Fsp3) is 0.306. The van der Waals surface area contributed by atoms with Crippen LogP contribution in [0.15, 0.2) is 78.9 Å². The van der Waals surface area contributed by atoms with E-state index in [4.69, 9.17) is 5.11 Å². The van der Waals surface area contributed by atoms with Crippen molar-refractivity contribution < 1.29 is 34.1 Å². The van der Waals surface area contributed by atoms with Crippen molar-refractivity contribution >= 4 is 17.7 Å². The molecule has 1 amide bonds. The van der Waals surface area contributed by atoms with E-state index < -0.39 is 30.4 Å². The van der Waals surface area contributed by atoms with Crippen molar-refractivity contribution in [3.8, 4) is 22.3 Å². The minimum Gasteiger partial charge on any atom is -0.481 e. The van der Waals surface area contributed by atoms with Gasteiger partial charge in [-0.2, -0.15) is 0 Å². The van der Waals surface area contributed by atoms with Crippen LogP contribution in [0.3, 0.4) is 0 Å². The lowest BCUT2D eigenvalue weighted by molar-refractivity contribution is -0.139. The number of halogens is 1. The maximum Gasteiger partial charge on any atom is 0.305 e. The Morgan fingerprint density at radius 3 is 2.04 bits per heavy atom. The molecule has 8 nitrogen and oxygen atoms in total. The number of nitrogens with one attached hydrogen (secondary N) is 1. The van der Waals surface area contributed by atoms with Crippen LogP contribution in [0.4, 0.5) is 4.39 Å². The van der Waals surface area contributed by atoms with Gasteiger partial charge in [0.25, 0.3) is 5.91 Å². The first-order valence-corrected chi connectivity index (χ1v) is 15.0. The van der Waals surface area contributed by atoms with Crippen molar-refractivity contribution in [2.45, 2.75) is 71.2 Å². The molecule has 236 valence electrons. The molecule has 0 spiro atoms. The van der Waals surface area contributed by atoms with Crippen LogP contribution < -0.4 is 5.32 Å². The van der Waals surface area contributed by atoms with E-state index >= 15 is 0 Å². The number of carboxylic acids is 1. The van der Waals surface area contributed by atoms with Gasteiger partial charge in [-0.25, -0.2) is 4.39 Å². The molecule has 0 aliphatic heterocycles. The van der Waals surface area contributed by atoms with E-state index in [9.17, 15) is 29.0 Å². The van der Waals surface area contributed by atoms with Gasteiger partial charge in [0.15, 0.2) is 5.78 Å². The number of amides is 1. The van der Waals surface area contributed by atoms with Gasteiger partial charge in [-0.1, -0.05) is 66.7 Å². The number of Topliss-reactive ketones (excluding diaryl/α,β-unsaturated/α-hetero) is 1. The molecule has 4 aromatic rings. The Morgan fingerprint density at radius 1 is 0.844 bits per heavy atom. The second-order valence-corrected chi connectivity index (χ2v) is 11.5. The Kier molecular flexibility index (Phi) is 11.0. The molecular weight excluding hydrogens is 575 g/mol. The predicted molar refractivity (Wildman–Crippen MR) is 170 cm³/mol. The van der Waals surface area contributed by atoms with E-state index in [0.717, 1.165) is 22.4 Å². The summed E-state index contributed by atoms with van der Waals surface area (Å²) < 4.78 is 16.0. The van der Waals surface area contributed by atoms with Crippen LogP contribution in [-0.4, -0.2) is 49.8 Å². The van der Waals surface area contributed by atoms with Crippen LogP contribution in [-0.2, 0) is 17.8 Å². The third-order valence-electron chi connectivity index (χ3n) is 7.72. The topological polar surface area (TPSA) is 129 Å². The number of benzene rings is 3. The van der Waals surface area contributed by atoms with Crippen molar-refractivity contribution in [2.75, 3.05) is 0 Å². The van der Waals surface area contributed by atoms with Crippen molar-refractivity contribution in [2.24, 2.45) is 0 Å². The summed E-state index contributed by atoms with van der Waals surface area (Å²) in [6.45, 7) is 5.62. The molecule has 0 bridgehead atoms. The van der Waals surface area contributed by atoms with Gasteiger partial charge in [0.1, 0.15) is 11.5 Å². The van der Waals surface area contributed by atoms with E-state index in [-0.39, 0.29) is 37.1 Å². The maximum absolute atomic E-state index is 14.2. The van der Waals surface area contributed by atoms with E-state index in [2.05, 4.69) is 5.32 Å². The number of nitrogens with zero attached hydrogens (tertiary/aromatic N) is 1. The summed E-state index contributed by atoms with van der Waals surface area (Å²) in [6, 6.07) is 22.3. The number of hydrogen-bond donors (Lipinski definition) is 4. The molecule has 9 heteroatoms. The van der Waals surface area contributed by atoms with E-state index in [1.165, 1.54) is 19.1 Å². The molecule has 2 atom stereocenters. The van der Waals surface area contributed by atoms with Gasteiger partial charge in [-0.15, -0.1) is 0 Å². The summed E-state index contributed by atoms with van der Waals surface area (Å²) in [6.07, 6.45) is -2.28. The minimum atomic E-state index is -1.20. The predicted octanol–water partition coefficient (Wildman–Crippen LogP) is 6.19. The van der Waals surface area contributed by atoms with Gasteiger partial charge in [0, 0.05) is 35.0 Å². The first kappa shape index (κ1) is 33.3. The molecule has 0 radical (unpaired) electrons. The third kappa shape index (κ3) is 8.32. The monoisotopic (exact) mass is 614 g/mol. The van der Waals surface area contributed by atoms with Crippen LogP contribution in [0.5, 0.6) is 0 Å². The van der Waals surface area contributed by atoms with E-state index in [1.54, 1.807) is 36.4 Å². The highest BCUT2D eigenvalue weighted by molar-refractivity contribution is 6.05. The Hall–Kier alpha value is -4.60. The van der Waals surface area contributed by atoms with Gasteiger partial charge in [-0.3, -0.25) is 14.4 Å². The number of aromatic nitrogens is 1. The number of carboxylic acid groups (broad SMARTS) is 1. The van der Waals surface area contributed by atoms with Crippen LogP contribution in [0.1, 0.15) is 78.2 Å². The summed E-state index contributed by atoms with van der Waals surface area (Å²) in [5, 5.41) is 32.9. The molecule has 0 aliphatic rings. The fourth-order valence-corrected chi connectivity index (χ4v) is 5.63. The molecular formula is C36H39FN2O6. The second-order valence-electron chi connectivity index (χ2n) is 11.5. The highest BCUT2D eigenvalue weighted by atomic mass is 19.1. The molecule has 4 N–H and O–H groups in total. The maximum atomic E-state index is 14.2. The van der Waals surface area contributed by atoms with Crippen molar-refractivity contribution in [1.29, 1.82) is 0 Å². The molecule has 0 saturated heterocycles. The Balaban J connectivity index is 1.82. The number of aliphatic hydroxyl groups excluding tert-OH is 2. The number of aliphatic carboxylic acids is 1. The zero-order valence-electron chi connectivity index (χ0n) is 25.7. The molecule has 1 aromatic heterocycles. The van der Waals surface area contributed by atoms with Gasteiger partial charge < -0.3 is 25.2 Å². The second kappa shape index (κ2) is 14.9. The SMILES string of the molecule is CC(=O)c1ccc(CNC(=O)c2c(-c3ccccc3)c(-c3ccc(F)cc3)c(CC[C@@H](O)C[C@@H](O)CC(=O)O)n2C(C)C)cc1. The van der Waals surface area contributed by atoms with E-state index in [1.807, 2.05) is 48.7 Å². The zero-order chi connectivity index (χ0) is 32.7. The molecule has 0 aliphatic carbocycles. The standard InChI is InChI=1S/C36H39FN2O6/c1-22(2)39-31(18-17-29(41)19-30(42)20-32(43)44)33(27-13-15-28(37)16-14-27)34(26-7-5-4-6-8-26)35(39)36(45)38-21-24-9-11-25(12-10-24)23(3)40/h4-16,22,29-30,41-42H,17-21H2,1-3H3,(H,38,45)(H,43,44)/t29-,30-/m1/s1. The van der Waals surface area contributed by atoms with E-state index in [0.29, 0.717) is 28.8 Å². The van der Waals surface area contributed by atoms with Crippen LogP contribution >= 0.6 is 0 Å². The molecule has 45 heavy (non-hydrogen) atoms. The van der Waals surface area contributed by atoms with Gasteiger partial charge >= 0.3 is 5.97 Å². The average Bonchev–Trinajstić information content (AvgIpc) is 3.35. The van der Waals surface area contributed by atoms with Crippen molar-refractivity contribution in [3.05, 3.63) is 107 Å². The zero-order valence-corrected chi connectivity index (χ0v) is 25.7. The summed E-state index contributed by atoms with van der Waals surface area (Å²) in [7, 11) is 0. The Bertz CT molecular complexity index is 1630. The van der Waals surface area contributed by atoms with Crippen LogP contribution in [0.25, 0.3) is 22.3 Å². The molecule has 0 fully saturated rings. The summed E-state index contributed by atoms with van der Waals surface area (Å²) >= 11 is 0. The first-order chi connectivity index (χ1) is 21.5. The first-order valence-electron chi connectivity index (χ1n) is 15.0. The summed E-state index contributed by atoms with van der Waals surface area (Å²) in [5.74, 6) is -1.93. The number of hydrogen-bond acceptors (Lipinski definition) is 5. The largest absolute Gasteiger partial charge is 0.481 e. The number of carbonyl (C=O) groups is 3. The molecule has 4 rings (SSSR count). The number of rotatable bonds is 14. The molecule has 1 heterocycles. The lowest BCUT2D eigenvalue weighted by Gasteiger charge is -2.20. The fourth-order valence-electron chi connectivity index (χ4n) is 5.63. The lowest BCUT2D eigenvalue weighted by Crippen LogP contribution is -2.27. The van der Waals surface area contributed by atoms with Crippen molar-refractivity contribution in [3.63, 3.8) is 0 Å². The van der Waals surface area contributed by atoms with Crippen molar-refractivity contribution in [1.82, 2.24) is 9.88 Å². The van der Waals surface area contributed by atoms with Gasteiger partial charge in [-0.05, 0) is 68.9 Å². The highest BCUT2D eigenvalue weighted by Crippen LogP contribution is 2.42. The lowest BCUT2D eigenvalue weighted by atomic mass is 9.92. The molecule has 0 saturated carbocycles. The number of carbonyl (C=O) groups excluding carboxylic acids is 2. The highest BCUT2D eigenvalue weighted by Gasteiger charge is 2.30. The molecule has 3 aromatic carbocycles. The van der Waals surface area contributed by atoms with Gasteiger partial charge in [0.05, 0.1) is 18.6 Å². The summed E-state index contributed by atoms with van der Waals surface area (Å²) in [4.78, 5) is 36.9. The molecule has 0 unspecified atom stereocenters. The summed E-state index contributed by atoms with van der Waals surface area (Å²) in [5.41, 5.74) is 5.42.